The van der Waals surface area contributed by atoms with Crippen LogP contribution in [0, 0.1) is 0 Å². The van der Waals surface area contributed by atoms with E-state index in [4.69, 9.17) is 33.7 Å². The van der Waals surface area contributed by atoms with Crippen LogP contribution in [-0.2, 0) is 11.4 Å². The molecule has 3 rings (SSSR count). The average molecular weight is 407 g/mol. The molecule has 1 unspecified atom stereocenters. The van der Waals surface area contributed by atoms with Crippen molar-refractivity contribution in [2.75, 3.05) is 18.9 Å². The molecule has 0 saturated heterocycles. The number of carbonyl (C=O) groups excluding carboxylic acids is 1. The maximum absolute atomic E-state index is 12.0. The zero-order valence-corrected chi connectivity index (χ0v) is 16.5. The summed E-state index contributed by atoms with van der Waals surface area (Å²) in [6.45, 7) is 1.90. The minimum absolute atomic E-state index is 0.151. The van der Waals surface area contributed by atoms with Crippen molar-refractivity contribution in [2.45, 2.75) is 18.5 Å². The van der Waals surface area contributed by atoms with E-state index in [2.05, 4.69) is 10.3 Å². The molecule has 2 aromatic rings. The van der Waals surface area contributed by atoms with E-state index < -0.39 is 5.00 Å². The van der Waals surface area contributed by atoms with Crippen LogP contribution >= 0.6 is 23.2 Å². The monoisotopic (exact) mass is 406 g/mol. The lowest BCUT2D eigenvalue weighted by Gasteiger charge is -2.36. The first-order chi connectivity index (χ1) is 12.8. The van der Waals surface area contributed by atoms with Gasteiger partial charge in [0.1, 0.15) is 12.3 Å². The lowest BCUT2D eigenvalue weighted by Crippen LogP contribution is -2.51. The molecule has 1 heterocycles. The lowest BCUT2D eigenvalue weighted by molar-refractivity contribution is -0.125. The van der Waals surface area contributed by atoms with Crippen LogP contribution in [0.2, 0.25) is 5.02 Å². The summed E-state index contributed by atoms with van der Waals surface area (Å²) < 4.78 is 5.95. The highest BCUT2D eigenvalue weighted by Gasteiger charge is 2.38. The van der Waals surface area contributed by atoms with Gasteiger partial charge in [-0.3, -0.25) is 9.69 Å². The van der Waals surface area contributed by atoms with Gasteiger partial charge in [0.25, 0.3) is 0 Å². The highest BCUT2D eigenvalue weighted by atomic mass is 35.5. The van der Waals surface area contributed by atoms with E-state index in [1.807, 2.05) is 30.3 Å². The highest BCUT2D eigenvalue weighted by Crippen LogP contribution is 2.46. The summed E-state index contributed by atoms with van der Waals surface area (Å²) in [4.78, 5) is 16.9. The van der Waals surface area contributed by atoms with Crippen LogP contribution in [0.3, 0.4) is 0 Å². The Hall–Kier alpha value is -2.28. The molecule has 0 aliphatic carbocycles. The molecule has 0 radical (unpaired) electrons. The Balaban J connectivity index is 2.00. The van der Waals surface area contributed by atoms with Gasteiger partial charge in [0, 0.05) is 7.05 Å². The molecule has 8 heteroatoms. The zero-order valence-electron chi connectivity index (χ0n) is 15.0. The van der Waals surface area contributed by atoms with Crippen LogP contribution in [-0.4, -0.2) is 35.2 Å². The summed E-state index contributed by atoms with van der Waals surface area (Å²) in [5.74, 6) is 0.433. The molecule has 6 nitrogen and oxygen atoms in total. The van der Waals surface area contributed by atoms with Crippen molar-refractivity contribution in [1.29, 1.82) is 0 Å². The molecule has 1 aliphatic rings. The van der Waals surface area contributed by atoms with Crippen molar-refractivity contribution in [2.24, 2.45) is 10.7 Å². The van der Waals surface area contributed by atoms with Gasteiger partial charge in [-0.15, -0.1) is 0 Å². The molecule has 0 aromatic heterocycles. The average Bonchev–Trinajstić information content (AvgIpc) is 2.66. The van der Waals surface area contributed by atoms with E-state index in [0.29, 0.717) is 34.6 Å². The number of amidine groups is 1. The van der Waals surface area contributed by atoms with Crippen molar-refractivity contribution in [3.05, 3.63) is 53.1 Å². The molecule has 1 atom stereocenters. The standard InChI is InChI=1S/C19H20Cl2N4O2/c1-19(21)18(25(2)15(26)10-22)23-16-14(24-19)9-8-13(20)17(16)27-11-12-6-4-3-5-7-12/h3-9,24H,10-11,22H2,1-2H3. The van der Waals surface area contributed by atoms with E-state index >= 15 is 0 Å². The Kier molecular flexibility index (Phi) is 5.60. The smallest absolute Gasteiger partial charge is 0.241 e. The summed E-state index contributed by atoms with van der Waals surface area (Å²) >= 11 is 12.9. The number of nitrogens with two attached hydrogens (primary N) is 1. The number of nitrogens with one attached hydrogen (secondary N) is 1. The molecule has 3 N–H and O–H groups in total. The van der Waals surface area contributed by atoms with Crippen molar-refractivity contribution >= 4 is 46.3 Å². The van der Waals surface area contributed by atoms with Crippen molar-refractivity contribution in [3.63, 3.8) is 0 Å². The minimum Gasteiger partial charge on any atom is -0.485 e. The second-order valence-corrected chi connectivity index (χ2v) is 7.43. The van der Waals surface area contributed by atoms with E-state index in [1.165, 1.54) is 4.90 Å². The minimum atomic E-state index is -1.09. The third kappa shape index (κ3) is 4.03. The van der Waals surface area contributed by atoms with Gasteiger partial charge in [-0.2, -0.15) is 0 Å². The van der Waals surface area contributed by atoms with Gasteiger partial charge in [0.05, 0.1) is 17.3 Å². The molecule has 142 valence electrons. The number of anilines is 1. The van der Waals surface area contributed by atoms with Crippen molar-refractivity contribution in [1.82, 2.24) is 4.90 Å². The number of alkyl halides is 1. The summed E-state index contributed by atoms with van der Waals surface area (Å²) in [6, 6.07) is 13.2. The maximum atomic E-state index is 12.0. The number of hydrogen-bond acceptors (Lipinski definition) is 5. The van der Waals surface area contributed by atoms with E-state index in [9.17, 15) is 4.79 Å². The second-order valence-electron chi connectivity index (χ2n) is 6.27. The second kappa shape index (κ2) is 7.76. The van der Waals surface area contributed by atoms with Gasteiger partial charge in [0.2, 0.25) is 5.91 Å². The van der Waals surface area contributed by atoms with Crippen molar-refractivity contribution in [3.8, 4) is 5.75 Å². The number of likely N-dealkylation sites (N-methyl/N-ethyl adjacent to an activating group) is 1. The Morgan fingerprint density at radius 3 is 2.67 bits per heavy atom. The van der Waals surface area contributed by atoms with Gasteiger partial charge in [-0.05, 0) is 24.6 Å². The Labute approximate surface area is 167 Å². The zero-order chi connectivity index (χ0) is 19.6. The summed E-state index contributed by atoms with van der Waals surface area (Å²) in [5, 5.41) is 3.59. The predicted octanol–water partition coefficient (Wildman–Crippen LogP) is 3.75. The quantitative estimate of drug-likeness (QED) is 0.598. The van der Waals surface area contributed by atoms with Crippen LogP contribution in [0.25, 0.3) is 0 Å². The first-order valence-corrected chi connectivity index (χ1v) is 9.11. The normalized spacial score (nSPS) is 18.2. The van der Waals surface area contributed by atoms with E-state index in [-0.39, 0.29) is 12.5 Å². The Bertz CT molecular complexity index is 885. The first-order valence-electron chi connectivity index (χ1n) is 8.35. The third-order valence-electron chi connectivity index (χ3n) is 4.18. The number of halogens is 2. The predicted molar refractivity (Wildman–Crippen MR) is 109 cm³/mol. The molecule has 27 heavy (non-hydrogen) atoms. The van der Waals surface area contributed by atoms with Gasteiger partial charge in [0.15, 0.2) is 16.6 Å². The maximum Gasteiger partial charge on any atom is 0.241 e. The first kappa shape index (κ1) is 19.5. The molecular formula is C19H20Cl2N4O2. The fourth-order valence-electron chi connectivity index (χ4n) is 2.79. The largest absolute Gasteiger partial charge is 0.485 e. The number of nitrogens with zero attached hydrogens (tertiary/aromatic N) is 2. The number of amides is 1. The number of hydrogen-bond donors (Lipinski definition) is 2. The SMILES string of the molecule is CN(C(=O)CN)C1=Nc2c(ccc(Cl)c2OCc2ccccc2)NC1(C)Cl. The van der Waals surface area contributed by atoms with Crippen LogP contribution in [0.4, 0.5) is 11.4 Å². The van der Waals surface area contributed by atoms with E-state index in [0.717, 1.165) is 5.56 Å². The Morgan fingerprint density at radius 2 is 2.00 bits per heavy atom. The lowest BCUT2D eigenvalue weighted by atomic mass is 10.1. The summed E-state index contributed by atoms with van der Waals surface area (Å²) in [7, 11) is 1.58. The third-order valence-corrected chi connectivity index (χ3v) is 4.74. The topological polar surface area (TPSA) is 80.0 Å². The fourth-order valence-corrected chi connectivity index (χ4v) is 3.27. The number of ether oxygens (including phenoxy) is 1. The van der Waals surface area contributed by atoms with Gasteiger partial charge < -0.3 is 15.8 Å². The molecule has 1 amide bonds. The van der Waals surface area contributed by atoms with Gasteiger partial charge in [-0.1, -0.05) is 53.5 Å². The van der Waals surface area contributed by atoms with Crippen LogP contribution < -0.4 is 15.8 Å². The molecule has 0 fully saturated rings. The number of benzene rings is 2. The molecule has 0 saturated carbocycles. The Morgan fingerprint density at radius 1 is 1.30 bits per heavy atom. The van der Waals surface area contributed by atoms with Gasteiger partial charge in [-0.25, -0.2) is 4.99 Å². The van der Waals surface area contributed by atoms with Crippen LogP contribution in [0.5, 0.6) is 5.75 Å². The summed E-state index contributed by atoms with van der Waals surface area (Å²) in [6.07, 6.45) is 0. The number of rotatable bonds is 4. The van der Waals surface area contributed by atoms with Gasteiger partial charge >= 0.3 is 0 Å². The molecule has 0 bridgehead atoms. The molecule has 2 aromatic carbocycles. The highest BCUT2D eigenvalue weighted by molar-refractivity contribution is 6.39. The number of fused-ring (bicyclic) bond motifs is 1. The summed E-state index contributed by atoms with van der Waals surface area (Å²) in [5.41, 5.74) is 7.62. The van der Waals surface area contributed by atoms with E-state index in [1.54, 1.807) is 26.1 Å². The fraction of sp³-hybridized carbons (Fsp3) is 0.263. The number of aliphatic imine (C=N–C) groups is 1. The van der Waals surface area contributed by atoms with Crippen LogP contribution in [0.1, 0.15) is 12.5 Å². The van der Waals surface area contributed by atoms with Crippen LogP contribution in [0.15, 0.2) is 47.5 Å². The molecule has 0 spiro atoms. The van der Waals surface area contributed by atoms with Crippen molar-refractivity contribution < 1.29 is 9.53 Å². The molecular weight excluding hydrogens is 387 g/mol. The molecule has 1 aliphatic heterocycles. The number of carbonyl (C=O) groups is 1.